The molecule has 1 amide bonds. The molecule has 154 valence electrons. The van der Waals surface area contributed by atoms with Gasteiger partial charge in [0.1, 0.15) is 11.3 Å². The smallest absolute Gasteiger partial charge is 0.411 e. The van der Waals surface area contributed by atoms with Crippen LogP contribution in [-0.2, 0) is 10.5 Å². The molecule has 5 nitrogen and oxygen atoms in total. The van der Waals surface area contributed by atoms with Crippen LogP contribution in [-0.4, -0.2) is 29.4 Å². The number of nitriles is 1. The van der Waals surface area contributed by atoms with E-state index < -0.39 is 29.7 Å². The van der Waals surface area contributed by atoms with Crippen molar-refractivity contribution in [3.8, 4) is 6.07 Å². The first kappa shape index (κ1) is 21.3. The van der Waals surface area contributed by atoms with Crippen LogP contribution in [0.1, 0.15) is 30.2 Å². The number of halogens is 3. The van der Waals surface area contributed by atoms with Gasteiger partial charge in [-0.1, -0.05) is 30.3 Å². The van der Waals surface area contributed by atoms with E-state index in [4.69, 9.17) is 4.42 Å². The molecule has 1 aliphatic carbocycles. The molecule has 0 saturated heterocycles. The number of nitrogens with one attached hydrogen (secondary N) is 2. The third kappa shape index (κ3) is 5.78. The average molecular weight is 423 g/mol. The van der Waals surface area contributed by atoms with Crippen LogP contribution in [0.4, 0.5) is 13.2 Å². The van der Waals surface area contributed by atoms with Crippen molar-refractivity contribution < 1.29 is 22.4 Å². The van der Waals surface area contributed by atoms with Gasteiger partial charge in [0.2, 0.25) is 5.91 Å². The fourth-order valence-corrected chi connectivity index (χ4v) is 3.80. The number of thioether (sulfide) groups is 1. The van der Waals surface area contributed by atoms with Gasteiger partial charge in [0.05, 0.1) is 18.4 Å². The highest BCUT2D eigenvalue weighted by molar-refractivity contribution is 7.98. The Morgan fingerprint density at radius 3 is 2.52 bits per heavy atom. The Labute approximate surface area is 170 Å². The summed E-state index contributed by atoms with van der Waals surface area (Å²) < 4.78 is 45.7. The highest BCUT2D eigenvalue weighted by Crippen LogP contribution is 2.36. The normalized spacial score (nSPS) is 17.2. The monoisotopic (exact) mass is 423 g/mol. The lowest BCUT2D eigenvalue weighted by Gasteiger charge is -2.26. The lowest BCUT2D eigenvalue weighted by atomic mass is 10.1. The summed E-state index contributed by atoms with van der Waals surface area (Å²) in [5, 5.41) is 14.2. The summed E-state index contributed by atoms with van der Waals surface area (Å²) in [7, 11) is 0. The van der Waals surface area contributed by atoms with Crippen molar-refractivity contribution in [3.63, 3.8) is 0 Å². The fraction of sp³-hybridized carbons (Fsp3) is 0.400. The zero-order valence-electron chi connectivity index (χ0n) is 15.4. The summed E-state index contributed by atoms with van der Waals surface area (Å²) >= 11 is 1.34. The van der Waals surface area contributed by atoms with Crippen LogP contribution >= 0.6 is 11.8 Å². The molecule has 1 aromatic carbocycles. The molecule has 9 heteroatoms. The molecule has 29 heavy (non-hydrogen) atoms. The SMILES string of the molecule is N#CC1(NC(=O)[C@H](CSCc2ccccc2)N[C@@H](c2ccco2)C(F)(F)F)CC1. The summed E-state index contributed by atoms with van der Waals surface area (Å²) in [5.74, 6) is -0.280. The van der Waals surface area contributed by atoms with Gasteiger partial charge >= 0.3 is 6.18 Å². The number of hydrogen-bond acceptors (Lipinski definition) is 5. The Hall–Kier alpha value is -2.44. The zero-order valence-corrected chi connectivity index (χ0v) is 16.2. The molecule has 1 heterocycles. The Bertz CT molecular complexity index is 846. The van der Waals surface area contributed by atoms with Crippen LogP contribution < -0.4 is 10.6 Å². The van der Waals surface area contributed by atoms with E-state index in [-0.39, 0.29) is 11.5 Å². The van der Waals surface area contributed by atoms with E-state index in [2.05, 4.69) is 10.6 Å². The van der Waals surface area contributed by atoms with Crippen molar-refractivity contribution in [2.75, 3.05) is 5.75 Å². The first-order valence-electron chi connectivity index (χ1n) is 9.04. The van der Waals surface area contributed by atoms with Gasteiger partial charge in [-0.2, -0.15) is 30.2 Å². The Morgan fingerprint density at radius 2 is 1.97 bits per heavy atom. The number of furan rings is 1. The van der Waals surface area contributed by atoms with E-state index in [1.165, 1.54) is 23.9 Å². The number of rotatable bonds is 9. The van der Waals surface area contributed by atoms with Gasteiger partial charge in [0.25, 0.3) is 0 Å². The highest BCUT2D eigenvalue weighted by Gasteiger charge is 2.48. The summed E-state index contributed by atoms with van der Waals surface area (Å²) in [6.07, 6.45) is -2.49. The van der Waals surface area contributed by atoms with Crippen LogP contribution in [0.3, 0.4) is 0 Å². The van der Waals surface area contributed by atoms with E-state index in [9.17, 15) is 23.2 Å². The summed E-state index contributed by atoms with van der Waals surface area (Å²) in [6.45, 7) is 0. The largest absolute Gasteiger partial charge is 0.467 e. The minimum Gasteiger partial charge on any atom is -0.467 e. The fourth-order valence-electron chi connectivity index (χ4n) is 2.78. The number of nitrogens with zero attached hydrogens (tertiary/aromatic N) is 1. The maximum Gasteiger partial charge on any atom is 0.411 e. The van der Waals surface area contributed by atoms with Crippen LogP contribution in [0.15, 0.2) is 53.1 Å². The zero-order chi connectivity index (χ0) is 20.9. The molecule has 2 aromatic rings. The molecule has 0 aliphatic heterocycles. The van der Waals surface area contributed by atoms with Gasteiger partial charge in [-0.25, -0.2) is 0 Å². The van der Waals surface area contributed by atoms with E-state index in [0.717, 1.165) is 11.8 Å². The van der Waals surface area contributed by atoms with Gasteiger partial charge in [-0.15, -0.1) is 0 Å². The quantitative estimate of drug-likeness (QED) is 0.639. The highest BCUT2D eigenvalue weighted by atomic mass is 32.2. The molecule has 2 atom stereocenters. The molecule has 0 spiro atoms. The van der Waals surface area contributed by atoms with Crippen LogP contribution in [0, 0.1) is 11.3 Å². The molecular formula is C20H20F3N3O2S. The van der Waals surface area contributed by atoms with E-state index in [0.29, 0.717) is 18.6 Å². The maximum absolute atomic E-state index is 13.6. The van der Waals surface area contributed by atoms with Crippen molar-refractivity contribution in [3.05, 3.63) is 60.1 Å². The average Bonchev–Trinajstić information content (AvgIpc) is 3.25. The van der Waals surface area contributed by atoms with Gasteiger partial charge in [0, 0.05) is 11.5 Å². The third-order valence-corrected chi connectivity index (χ3v) is 5.67. The number of amides is 1. The summed E-state index contributed by atoms with van der Waals surface area (Å²) in [5.41, 5.74) is 0.0465. The van der Waals surface area contributed by atoms with Gasteiger partial charge in [-0.3, -0.25) is 10.1 Å². The van der Waals surface area contributed by atoms with Crippen molar-refractivity contribution >= 4 is 17.7 Å². The number of benzene rings is 1. The molecule has 3 rings (SSSR count). The Kier molecular flexibility index (Phi) is 6.55. The second-order valence-electron chi connectivity index (χ2n) is 6.89. The Balaban J connectivity index is 1.72. The van der Waals surface area contributed by atoms with Crippen molar-refractivity contribution in [2.45, 2.75) is 42.4 Å². The van der Waals surface area contributed by atoms with Crippen LogP contribution in [0.5, 0.6) is 0 Å². The van der Waals surface area contributed by atoms with Crippen molar-refractivity contribution in [2.24, 2.45) is 0 Å². The molecule has 1 fully saturated rings. The molecular weight excluding hydrogens is 403 g/mol. The minimum absolute atomic E-state index is 0.107. The van der Waals surface area contributed by atoms with E-state index >= 15 is 0 Å². The lowest BCUT2D eigenvalue weighted by molar-refractivity contribution is -0.164. The molecule has 1 aliphatic rings. The topological polar surface area (TPSA) is 78.1 Å². The number of carbonyl (C=O) groups excluding carboxylic acids is 1. The predicted molar refractivity (Wildman–Crippen MR) is 103 cm³/mol. The molecule has 2 N–H and O–H groups in total. The van der Waals surface area contributed by atoms with Crippen LogP contribution in [0.2, 0.25) is 0 Å². The predicted octanol–water partition coefficient (Wildman–Crippen LogP) is 3.95. The number of alkyl halides is 3. The van der Waals surface area contributed by atoms with Gasteiger partial charge in [0.15, 0.2) is 6.04 Å². The molecule has 0 unspecified atom stereocenters. The molecule has 1 saturated carbocycles. The number of carbonyl (C=O) groups is 1. The summed E-state index contributed by atoms with van der Waals surface area (Å²) in [4.78, 5) is 12.7. The second kappa shape index (κ2) is 8.93. The summed E-state index contributed by atoms with van der Waals surface area (Å²) in [6, 6.07) is 10.8. The standard InChI is InChI=1S/C20H20F3N3O2S/c21-20(22,23)17(16-7-4-10-28-16)25-15(18(27)26-19(13-24)8-9-19)12-29-11-14-5-2-1-3-6-14/h1-7,10,15,17,25H,8-9,11-12H2,(H,26,27)/t15-,17-/m0/s1. The van der Waals surface area contributed by atoms with E-state index in [1.54, 1.807) is 0 Å². The first-order chi connectivity index (χ1) is 13.8. The third-order valence-electron chi connectivity index (χ3n) is 4.56. The molecule has 0 radical (unpaired) electrons. The molecule has 1 aromatic heterocycles. The van der Waals surface area contributed by atoms with Gasteiger partial charge in [-0.05, 0) is 30.5 Å². The van der Waals surface area contributed by atoms with Crippen molar-refractivity contribution in [1.82, 2.24) is 10.6 Å². The van der Waals surface area contributed by atoms with E-state index in [1.807, 2.05) is 36.4 Å². The number of hydrogen-bond donors (Lipinski definition) is 2. The van der Waals surface area contributed by atoms with Crippen molar-refractivity contribution in [1.29, 1.82) is 5.26 Å². The first-order valence-corrected chi connectivity index (χ1v) is 10.2. The maximum atomic E-state index is 13.6. The van der Waals surface area contributed by atoms with Gasteiger partial charge < -0.3 is 9.73 Å². The Morgan fingerprint density at radius 1 is 1.24 bits per heavy atom. The minimum atomic E-state index is -4.65. The second-order valence-corrected chi connectivity index (χ2v) is 7.92. The van der Waals surface area contributed by atoms with Crippen LogP contribution in [0.25, 0.3) is 0 Å². The molecule has 0 bridgehead atoms. The lowest BCUT2D eigenvalue weighted by Crippen LogP contribution is -2.52.